The normalized spacial score (nSPS) is 12.0. The van der Waals surface area contributed by atoms with E-state index in [1.807, 2.05) is 0 Å². The second kappa shape index (κ2) is 3.23. The van der Waals surface area contributed by atoms with Crippen molar-refractivity contribution in [3.8, 4) is 0 Å². The largest absolute Gasteiger partial charge is 0.394 e. The predicted molar refractivity (Wildman–Crippen MR) is 45.8 cm³/mol. The molecule has 1 aromatic rings. The Labute approximate surface area is 72.2 Å². The molecule has 0 fully saturated rings. The first-order valence-corrected chi connectivity index (χ1v) is 4.05. The molecule has 0 aliphatic carbocycles. The van der Waals surface area contributed by atoms with Crippen LogP contribution in [0, 0.1) is 0 Å². The summed E-state index contributed by atoms with van der Waals surface area (Å²) < 4.78 is 1.65. The molecular formula is C8H15N3O. The number of hydrogen-bond donors (Lipinski definition) is 1. The molecule has 0 spiro atoms. The SMILES string of the molecule is CC(C)(C)c1ncn(CCO)n1. The molecule has 1 aromatic heterocycles. The molecule has 0 amide bonds. The van der Waals surface area contributed by atoms with Gasteiger partial charge < -0.3 is 5.11 Å². The van der Waals surface area contributed by atoms with Crippen molar-refractivity contribution in [1.82, 2.24) is 14.8 Å². The molecule has 0 saturated heterocycles. The van der Waals surface area contributed by atoms with Gasteiger partial charge in [-0.2, -0.15) is 5.10 Å². The highest BCUT2D eigenvalue weighted by Gasteiger charge is 2.18. The van der Waals surface area contributed by atoms with Gasteiger partial charge in [-0.05, 0) is 0 Å². The summed E-state index contributed by atoms with van der Waals surface area (Å²) >= 11 is 0. The van der Waals surface area contributed by atoms with Gasteiger partial charge in [-0.25, -0.2) is 4.98 Å². The van der Waals surface area contributed by atoms with Crippen LogP contribution in [0.15, 0.2) is 6.33 Å². The van der Waals surface area contributed by atoms with E-state index in [4.69, 9.17) is 5.11 Å². The van der Waals surface area contributed by atoms with Crippen LogP contribution < -0.4 is 0 Å². The number of rotatable bonds is 2. The summed E-state index contributed by atoms with van der Waals surface area (Å²) in [5.74, 6) is 0.816. The molecule has 12 heavy (non-hydrogen) atoms. The Morgan fingerprint density at radius 2 is 2.17 bits per heavy atom. The lowest BCUT2D eigenvalue weighted by molar-refractivity contribution is 0.268. The lowest BCUT2D eigenvalue weighted by Gasteiger charge is -2.12. The summed E-state index contributed by atoms with van der Waals surface area (Å²) in [5.41, 5.74) is -0.0132. The van der Waals surface area contributed by atoms with Gasteiger partial charge >= 0.3 is 0 Å². The summed E-state index contributed by atoms with van der Waals surface area (Å²) in [6.45, 7) is 6.80. The molecule has 0 saturated carbocycles. The van der Waals surface area contributed by atoms with Crippen molar-refractivity contribution in [3.05, 3.63) is 12.2 Å². The van der Waals surface area contributed by atoms with Crippen molar-refractivity contribution in [3.63, 3.8) is 0 Å². The average molecular weight is 169 g/mol. The predicted octanol–water partition coefficient (Wildman–Crippen LogP) is 0.568. The van der Waals surface area contributed by atoms with E-state index in [9.17, 15) is 0 Å². The van der Waals surface area contributed by atoms with Gasteiger partial charge in [-0.15, -0.1) is 0 Å². The molecule has 1 rings (SSSR count). The Hall–Kier alpha value is -0.900. The molecule has 0 aliphatic heterocycles. The lowest BCUT2D eigenvalue weighted by atomic mass is 9.96. The summed E-state index contributed by atoms with van der Waals surface area (Å²) in [6, 6.07) is 0. The second-order valence-corrected chi connectivity index (χ2v) is 3.80. The minimum absolute atomic E-state index is 0.0132. The van der Waals surface area contributed by atoms with Crippen molar-refractivity contribution in [2.45, 2.75) is 32.7 Å². The Morgan fingerprint density at radius 3 is 2.58 bits per heavy atom. The zero-order chi connectivity index (χ0) is 9.19. The number of hydrogen-bond acceptors (Lipinski definition) is 3. The molecule has 1 N–H and O–H groups in total. The smallest absolute Gasteiger partial charge is 0.155 e. The van der Waals surface area contributed by atoms with Gasteiger partial charge in [0.2, 0.25) is 0 Å². The first-order valence-electron chi connectivity index (χ1n) is 4.05. The van der Waals surface area contributed by atoms with Gasteiger partial charge in [0.15, 0.2) is 5.82 Å². The van der Waals surface area contributed by atoms with E-state index in [2.05, 4.69) is 30.9 Å². The van der Waals surface area contributed by atoms with Gasteiger partial charge in [0, 0.05) is 5.41 Å². The third-order valence-electron chi connectivity index (χ3n) is 1.54. The number of aliphatic hydroxyl groups is 1. The Bertz CT molecular complexity index is 249. The Morgan fingerprint density at radius 1 is 1.50 bits per heavy atom. The fourth-order valence-corrected chi connectivity index (χ4v) is 0.848. The Kier molecular flexibility index (Phi) is 2.47. The van der Waals surface area contributed by atoms with Crippen LogP contribution in [0.2, 0.25) is 0 Å². The van der Waals surface area contributed by atoms with Crippen molar-refractivity contribution >= 4 is 0 Å². The molecule has 0 aromatic carbocycles. The van der Waals surface area contributed by atoms with Crippen LogP contribution in [0.4, 0.5) is 0 Å². The van der Waals surface area contributed by atoms with Gasteiger partial charge in [-0.1, -0.05) is 20.8 Å². The van der Waals surface area contributed by atoms with Gasteiger partial charge in [0.05, 0.1) is 13.2 Å². The lowest BCUT2D eigenvalue weighted by Crippen LogP contribution is -2.14. The van der Waals surface area contributed by atoms with Crippen LogP contribution in [0.5, 0.6) is 0 Å². The van der Waals surface area contributed by atoms with Gasteiger partial charge in [-0.3, -0.25) is 4.68 Å². The van der Waals surface area contributed by atoms with E-state index in [-0.39, 0.29) is 12.0 Å². The molecule has 0 bridgehead atoms. The number of nitrogens with zero attached hydrogens (tertiary/aromatic N) is 3. The fourth-order valence-electron chi connectivity index (χ4n) is 0.848. The highest BCUT2D eigenvalue weighted by atomic mass is 16.3. The van der Waals surface area contributed by atoms with Crippen molar-refractivity contribution < 1.29 is 5.11 Å². The van der Waals surface area contributed by atoms with E-state index < -0.39 is 0 Å². The zero-order valence-electron chi connectivity index (χ0n) is 7.78. The molecule has 68 valence electrons. The minimum atomic E-state index is -0.0132. The quantitative estimate of drug-likeness (QED) is 0.704. The first kappa shape index (κ1) is 9.19. The molecule has 0 radical (unpaired) electrons. The minimum Gasteiger partial charge on any atom is -0.394 e. The van der Waals surface area contributed by atoms with E-state index >= 15 is 0 Å². The average Bonchev–Trinajstić information content (AvgIpc) is 2.35. The second-order valence-electron chi connectivity index (χ2n) is 3.80. The van der Waals surface area contributed by atoms with Gasteiger partial charge in [0.1, 0.15) is 6.33 Å². The molecule has 0 atom stereocenters. The van der Waals surface area contributed by atoms with E-state index in [0.717, 1.165) is 5.82 Å². The monoisotopic (exact) mass is 169 g/mol. The third kappa shape index (κ3) is 2.04. The maximum Gasteiger partial charge on any atom is 0.155 e. The van der Waals surface area contributed by atoms with E-state index in [1.54, 1.807) is 11.0 Å². The molecule has 0 aliphatic rings. The molecule has 4 nitrogen and oxygen atoms in total. The maximum atomic E-state index is 8.64. The van der Waals surface area contributed by atoms with E-state index in [0.29, 0.717) is 6.54 Å². The standard InChI is InChI=1S/C8H15N3O/c1-8(2,3)7-9-6-11(10-7)4-5-12/h6,12H,4-5H2,1-3H3. The molecule has 4 heteroatoms. The van der Waals surface area contributed by atoms with Crippen LogP contribution in [0.3, 0.4) is 0 Å². The first-order chi connectivity index (χ1) is 5.54. The van der Waals surface area contributed by atoms with Crippen LogP contribution >= 0.6 is 0 Å². The summed E-state index contributed by atoms with van der Waals surface area (Å²) in [5, 5.41) is 12.9. The number of aliphatic hydroxyl groups excluding tert-OH is 1. The number of aromatic nitrogens is 3. The van der Waals surface area contributed by atoms with Crippen LogP contribution in [-0.2, 0) is 12.0 Å². The van der Waals surface area contributed by atoms with Crippen LogP contribution in [-0.4, -0.2) is 26.5 Å². The molecule has 1 heterocycles. The summed E-state index contributed by atoms with van der Waals surface area (Å²) in [7, 11) is 0. The van der Waals surface area contributed by atoms with Gasteiger partial charge in [0.25, 0.3) is 0 Å². The van der Waals surface area contributed by atoms with E-state index in [1.165, 1.54) is 0 Å². The van der Waals surface area contributed by atoms with Crippen molar-refractivity contribution in [1.29, 1.82) is 0 Å². The zero-order valence-corrected chi connectivity index (χ0v) is 7.78. The molecular weight excluding hydrogens is 154 g/mol. The van der Waals surface area contributed by atoms with Crippen molar-refractivity contribution in [2.75, 3.05) is 6.61 Å². The maximum absolute atomic E-state index is 8.64. The Balaban J connectivity index is 2.77. The van der Waals surface area contributed by atoms with Crippen LogP contribution in [0.1, 0.15) is 26.6 Å². The highest BCUT2D eigenvalue weighted by Crippen LogP contribution is 2.16. The summed E-state index contributed by atoms with van der Waals surface area (Å²) in [4.78, 5) is 4.15. The van der Waals surface area contributed by atoms with Crippen LogP contribution in [0.25, 0.3) is 0 Å². The highest BCUT2D eigenvalue weighted by molar-refractivity contribution is 4.98. The van der Waals surface area contributed by atoms with Crippen molar-refractivity contribution in [2.24, 2.45) is 0 Å². The summed E-state index contributed by atoms with van der Waals surface area (Å²) in [6.07, 6.45) is 1.65. The topological polar surface area (TPSA) is 50.9 Å². The fraction of sp³-hybridized carbons (Fsp3) is 0.750. The molecule has 0 unspecified atom stereocenters. The third-order valence-corrected chi connectivity index (χ3v) is 1.54.